The third kappa shape index (κ3) is 2.09. The summed E-state index contributed by atoms with van der Waals surface area (Å²) in [6.07, 6.45) is 0.639. The molecule has 1 fully saturated rings. The van der Waals surface area contributed by atoms with Crippen molar-refractivity contribution in [3.8, 4) is 0 Å². The molecule has 0 bridgehead atoms. The van der Waals surface area contributed by atoms with E-state index in [-0.39, 0.29) is 5.91 Å². The minimum Gasteiger partial charge on any atom is -0.302 e. The third-order valence-corrected chi connectivity index (χ3v) is 5.88. The van der Waals surface area contributed by atoms with Crippen molar-refractivity contribution in [3.63, 3.8) is 0 Å². The minimum atomic E-state index is 0.103. The quantitative estimate of drug-likeness (QED) is 0.932. The van der Waals surface area contributed by atoms with E-state index in [1.165, 1.54) is 4.01 Å². The van der Waals surface area contributed by atoms with Gasteiger partial charge in [0.2, 0.25) is 5.91 Å². The molecule has 3 heterocycles. The summed E-state index contributed by atoms with van der Waals surface area (Å²) < 4.78 is 1.18. The third-order valence-electron chi connectivity index (χ3n) is 2.45. The summed E-state index contributed by atoms with van der Waals surface area (Å²) >= 11 is 5.13. The van der Waals surface area contributed by atoms with Crippen LogP contribution in [0.15, 0.2) is 11.4 Å². The molecule has 1 saturated heterocycles. The van der Waals surface area contributed by atoms with Crippen LogP contribution < -0.4 is 5.32 Å². The number of thiophene rings is 1. The zero-order chi connectivity index (χ0) is 11.0. The highest BCUT2D eigenvalue weighted by Gasteiger charge is 2.21. The minimum absolute atomic E-state index is 0.103. The second-order valence-corrected chi connectivity index (χ2v) is 7.02. The fourth-order valence-corrected chi connectivity index (χ4v) is 4.21. The molecule has 1 aliphatic heterocycles. The summed E-state index contributed by atoms with van der Waals surface area (Å²) in [5.74, 6) is 2.93. The van der Waals surface area contributed by atoms with Crippen molar-refractivity contribution < 1.29 is 4.79 Å². The molecular weight excluding hydrogens is 260 g/mol. The smallest absolute Gasteiger partial charge is 0.226 e. The Bertz CT molecular complexity index is 486. The first-order valence-electron chi connectivity index (χ1n) is 5.03. The zero-order valence-electron chi connectivity index (χ0n) is 8.43. The largest absolute Gasteiger partial charge is 0.302 e. The topological polar surface area (TPSA) is 42.0 Å². The van der Waals surface area contributed by atoms with Crippen LogP contribution in [-0.4, -0.2) is 22.4 Å². The molecule has 1 aliphatic rings. The lowest BCUT2D eigenvalue weighted by Crippen LogP contribution is -2.24. The Morgan fingerprint density at radius 2 is 2.44 bits per heavy atom. The van der Waals surface area contributed by atoms with E-state index < -0.39 is 0 Å². The zero-order valence-corrected chi connectivity index (χ0v) is 10.9. The number of hydrogen-bond acceptors (Lipinski definition) is 5. The molecule has 16 heavy (non-hydrogen) atoms. The fourth-order valence-electron chi connectivity index (χ4n) is 1.56. The normalized spacial score (nSPS) is 16.2. The Balaban J connectivity index is 1.64. The summed E-state index contributed by atoms with van der Waals surface area (Å²) in [6.45, 7) is 0. The van der Waals surface area contributed by atoms with Gasteiger partial charge >= 0.3 is 0 Å². The molecule has 0 aromatic carbocycles. The van der Waals surface area contributed by atoms with Crippen LogP contribution >= 0.6 is 34.4 Å². The number of amides is 1. The predicted molar refractivity (Wildman–Crippen MR) is 71.6 cm³/mol. The van der Waals surface area contributed by atoms with E-state index in [4.69, 9.17) is 0 Å². The highest BCUT2D eigenvalue weighted by atomic mass is 32.2. The lowest BCUT2D eigenvalue weighted by Gasteiger charge is -2.23. The second kappa shape index (κ2) is 4.35. The van der Waals surface area contributed by atoms with Crippen molar-refractivity contribution in [1.82, 2.24) is 4.98 Å². The Morgan fingerprint density at radius 3 is 3.12 bits per heavy atom. The van der Waals surface area contributed by atoms with E-state index in [0.29, 0.717) is 12.3 Å². The molecular formula is C10H10N2OS3. The molecule has 0 saturated carbocycles. The van der Waals surface area contributed by atoms with Crippen LogP contribution in [0, 0.1) is 5.92 Å². The molecule has 84 valence electrons. The number of carbonyl (C=O) groups is 1. The SMILES string of the molecule is O=C(CC1CSC1)Nc1nc2ccsc2s1. The number of rotatable bonds is 3. The first kappa shape index (κ1) is 10.6. The summed E-state index contributed by atoms with van der Waals surface area (Å²) in [5, 5.41) is 5.64. The van der Waals surface area contributed by atoms with Gasteiger partial charge in [0.15, 0.2) is 5.13 Å². The van der Waals surface area contributed by atoms with Crippen LogP contribution in [0.5, 0.6) is 0 Å². The second-order valence-electron chi connectivity index (χ2n) is 3.77. The number of carbonyl (C=O) groups excluding carboxylic acids is 1. The van der Waals surface area contributed by atoms with Crippen LogP contribution in [0.4, 0.5) is 5.13 Å². The highest BCUT2D eigenvalue weighted by molar-refractivity contribution is 8.00. The Hall–Kier alpha value is -0.590. The van der Waals surface area contributed by atoms with Gasteiger partial charge in [-0.1, -0.05) is 11.3 Å². The van der Waals surface area contributed by atoms with Crippen molar-refractivity contribution >= 4 is 55.0 Å². The van der Waals surface area contributed by atoms with Crippen molar-refractivity contribution in [2.75, 3.05) is 16.8 Å². The van der Waals surface area contributed by atoms with Crippen LogP contribution in [0.25, 0.3) is 9.53 Å². The van der Waals surface area contributed by atoms with Gasteiger partial charge in [-0.25, -0.2) is 4.98 Å². The van der Waals surface area contributed by atoms with Gasteiger partial charge in [-0.15, -0.1) is 11.3 Å². The monoisotopic (exact) mass is 270 g/mol. The van der Waals surface area contributed by atoms with Crippen molar-refractivity contribution in [2.24, 2.45) is 5.92 Å². The number of nitrogens with zero attached hydrogens (tertiary/aromatic N) is 1. The molecule has 1 N–H and O–H groups in total. The number of fused-ring (bicyclic) bond motifs is 1. The van der Waals surface area contributed by atoms with Crippen LogP contribution in [0.1, 0.15) is 6.42 Å². The Morgan fingerprint density at radius 1 is 1.56 bits per heavy atom. The number of nitrogens with one attached hydrogen (secondary N) is 1. The fraction of sp³-hybridized carbons (Fsp3) is 0.400. The van der Waals surface area contributed by atoms with Gasteiger partial charge in [0.1, 0.15) is 4.01 Å². The molecule has 3 nitrogen and oxygen atoms in total. The Kier molecular flexibility index (Phi) is 2.87. The van der Waals surface area contributed by atoms with Gasteiger partial charge in [0.25, 0.3) is 0 Å². The van der Waals surface area contributed by atoms with Crippen LogP contribution in [0.3, 0.4) is 0 Å². The molecule has 6 heteroatoms. The van der Waals surface area contributed by atoms with E-state index in [1.54, 1.807) is 22.7 Å². The molecule has 0 atom stereocenters. The number of thiazole rings is 1. The van der Waals surface area contributed by atoms with Gasteiger partial charge in [-0.3, -0.25) is 4.79 Å². The van der Waals surface area contributed by atoms with Crippen molar-refractivity contribution in [2.45, 2.75) is 6.42 Å². The lowest BCUT2D eigenvalue weighted by atomic mass is 10.1. The van der Waals surface area contributed by atoms with Crippen LogP contribution in [-0.2, 0) is 4.79 Å². The van der Waals surface area contributed by atoms with Gasteiger partial charge in [-0.2, -0.15) is 11.8 Å². The summed E-state index contributed by atoms with van der Waals surface area (Å²) in [4.78, 5) is 16.0. The average Bonchev–Trinajstić information content (AvgIpc) is 2.71. The average molecular weight is 270 g/mol. The van der Waals surface area contributed by atoms with Crippen LogP contribution in [0.2, 0.25) is 0 Å². The summed E-state index contributed by atoms with van der Waals surface area (Å²) in [7, 11) is 0. The van der Waals surface area contributed by atoms with Crippen molar-refractivity contribution in [3.05, 3.63) is 11.4 Å². The number of anilines is 1. The van der Waals surface area contributed by atoms with E-state index in [9.17, 15) is 4.79 Å². The molecule has 0 spiro atoms. The first-order chi connectivity index (χ1) is 7.81. The van der Waals surface area contributed by atoms with Gasteiger partial charge in [0.05, 0.1) is 5.52 Å². The van der Waals surface area contributed by atoms with E-state index in [0.717, 1.165) is 22.2 Å². The van der Waals surface area contributed by atoms with E-state index in [2.05, 4.69) is 10.3 Å². The molecule has 0 unspecified atom stereocenters. The first-order valence-corrected chi connectivity index (χ1v) is 7.88. The van der Waals surface area contributed by atoms with Gasteiger partial charge in [-0.05, 0) is 28.9 Å². The highest BCUT2D eigenvalue weighted by Crippen LogP contribution is 2.31. The predicted octanol–water partition coefficient (Wildman–Crippen LogP) is 3.05. The Labute approximate surface area is 105 Å². The molecule has 0 aliphatic carbocycles. The maximum atomic E-state index is 11.7. The molecule has 0 radical (unpaired) electrons. The standard InChI is InChI=1S/C10H10N2OS3/c13-8(3-6-4-14-5-6)12-10-11-7-1-2-15-9(7)16-10/h1-2,6H,3-5H2,(H,11,12,13). The maximum Gasteiger partial charge on any atom is 0.226 e. The van der Waals surface area contributed by atoms with E-state index in [1.807, 2.05) is 23.2 Å². The summed E-state index contributed by atoms with van der Waals surface area (Å²) in [5.41, 5.74) is 0.990. The summed E-state index contributed by atoms with van der Waals surface area (Å²) in [6, 6.07) is 1.98. The maximum absolute atomic E-state index is 11.7. The number of thioether (sulfide) groups is 1. The molecule has 3 rings (SSSR count). The molecule has 2 aromatic heterocycles. The number of aromatic nitrogens is 1. The lowest BCUT2D eigenvalue weighted by molar-refractivity contribution is -0.116. The molecule has 2 aromatic rings. The number of hydrogen-bond donors (Lipinski definition) is 1. The van der Waals surface area contributed by atoms with Gasteiger partial charge < -0.3 is 5.32 Å². The van der Waals surface area contributed by atoms with E-state index >= 15 is 0 Å². The van der Waals surface area contributed by atoms with Crippen molar-refractivity contribution in [1.29, 1.82) is 0 Å². The molecule has 1 amide bonds. The van der Waals surface area contributed by atoms with Gasteiger partial charge in [0, 0.05) is 6.42 Å².